The van der Waals surface area contributed by atoms with E-state index in [2.05, 4.69) is 10.3 Å². The Morgan fingerprint density at radius 2 is 1.57 bits per heavy atom. The Morgan fingerprint density at radius 1 is 0.833 bits per heavy atom. The highest BCUT2D eigenvalue weighted by atomic mass is 19.4. The SMILES string of the molecule is O=C(O)CCCc1ccc(NCc2cccc(-c3c(C(=O)c4ccccc4)cnc4c(C(F)(F)F)cccc34)c2)cc1. The van der Waals surface area contributed by atoms with E-state index in [4.69, 9.17) is 5.11 Å². The van der Waals surface area contributed by atoms with Crippen LogP contribution in [0.2, 0.25) is 0 Å². The number of hydrogen-bond acceptors (Lipinski definition) is 4. The van der Waals surface area contributed by atoms with Gasteiger partial charge in [-0.15, -0.1) is 0 Å². The van der Waals surface area contributed by atoms with Gasteiger partial charge in [0.15, 0.2) is 5.78 Å². The van der Waals surface area contributed by atoms with Crippen LogP contribution in [-0.4, -0.2) is 21.8 Å². The summed E-state index contributed by atoms with van der Waals surface area (Å²) >= 11 is 0. The van der Waals surface area contributed by atoms with Crippen LogP contribution in [-0.2, 0) is 23.9 Å². The minimum atomic E-state index is -4.60. The number of fused-ring (bicyclic) bond motifs is 1. The maximum absolute atomic E-state index is 13.9. The van der Waals surface area contributed by atoms with E-state index in [1.165, 1.54) is 12.3 Å². The van der Waals surface area contributed by atoms with Crippen molar-refractivity contribution in [3.05, 3.63) is 131 Å². The molecule has 0 aliphatic carbocycles. The third-order valence-electron chi connectivity index (χ3n) is 7.01. The molecule has 1 heterocycles. The molecule has 0 aliphatic rings. The number of carbonyl (C=O) groups is 2. The number of nitrogens with one attached hydrogen (secondary N) is 1. The fourth-order valence-electron chi connectivity index (χ4n) is 4.95. The van der Waals surface area contributed by atoms with Gasteiger partial charge in [0.1, 0.15) is 0 Å². The number of carboxylic acids is 1. The van der Waals surface area contributed by atoms with Gasteiger partial charge in [-0.2, -0.15) is 13.2 Å². The number of carboxylic acid groups (broad SMARTS) is 1. The summed E-state index contributed by atoms with van der Waals surface area (Å²) in [6, 6.07) is 27.6. The van der Waals surface area contributed by atoms with Gasteiger partial charge < -0.3 is 10.4 Å². The summed E-state index contributed by atoms with van der Waals surface area (Å²) in [5.41, 5.74) is 3.34. The Balaban J connectivity index is 1.48. The number of alkyl halides is 3. The van der Waals surface area contributed by atoms with Crippen molar-refractivity contribution in [1.29, 1.82) is 0 Å². The van der Waals surface area contributed by atoms with Crippen LogP contribution in [0.25, 0.3) is 22.0 Å². The maximum atomic E-state index is 13.9. The van der Waals surface area contributed by atoms with E-state index in [1.807, 2.05) is 42.5 Å². The molecule has 0 saturated carbocycles. The number of carbonyl (C=O) groups excluding carboxylic acids is 1. The Labute approximate surface area is 240 Å². The number of aromatic nitrogens is 1. The molecule has 0 atom stereocenters. The fourth-order valence-corrected chi connectivity index (χ4v) is 4.95. The van der Waals surface area contributed by atoms with Crippen molar-refractivity contribution in [2.75, 3.05) is 5.32 Å². The molecule has 2 N–H and O–H groups in total. The molecule has 0 saturated heterocycles. The van der Waals surface area contributed by atoms with Crippen LogP contribution in [0.1, 0.15) is 45.5 Å². The first-order valence-corrected chi connectivity index (χ1v) is 13.4. The summed E-state index contributed by atoms with van der Waals surface area (Å²) in [6.45, 7) is 0.435. The van der Waals surface area contributed by atoms with Gasteiger partial charge in [0.05, 0.1) is 11.1 Å². The summed E-state index contributed by atoms with van der Waals surface area (Å²) in [5.74, 6) is -1.14. The van der Waals surface area contributed by atoms with E-state index in [0.717, 1.165) is 22.9 Å². The topological polar surface area (TPSA) is 79.3 Å². The van der Waals surface area contributed by atoms with Gasteiger partial charge in [0, 0.05) is 46.9 Å². The Hall–Kier alpha value is -4.98. The molecule has 8 heteroatoms. The van der Waals surface area contributed by atoms with Crippen molar-refractivity contribution in [1.82, 2.24) is 4.98 Å². The van der Waals surface area contributed by atoms with Crippen LogP contribution >= 0.6 is 0 Å². The number of rotatable bonds is 10. The number of ketones is 1. The van der Waals surface area contributed by atoms with Gasteiger partial charge >= 0.3 is 12.1 Å². The van der Waals surface area contributed by atoms with Crippen molar-refractivity contribution in [2.45, 2.75) is 32.0 Å². The number of aliphatic carboxylic acids is 1. The second-order valence-electron chi connectivity index (χ2n) is 9.94. The lowest BCUT2D eigenvalue weighted by molar-refractivity contribution is -0.137. The fraction of sp³-hybridized carbons (Fsp3) is 0.147. The molecule has 0 spiro atoms. The Bertz CT molecular complexity index is 1730. The molecule has 1 aromatic heterocycles. The third kappa shape index (κ3) is 6.49. The minimum absolute atomic E-state index is 0.124. The number of halogens is 3. The molecule has 212 valence electrons. The summed E-state index contributed by atoms with van der Waals surface area (Å²) < 4.78 is 41.6. The van der Waals surface area contributed by atoms with Crippen molar-refractivity contribution >= 4 is 28.3 Å². The Kier molecular flexibility index (Phi) is 8.33. The third-order valence-corrected chi connectivity index (χ3v) is 7.01. The average molecular weight is 569 g/mol. The van der Waals surface area contributed by atoms with Crippen molar-refractivity contribution < 1.29 is 27.9 Å². The van der Waals surface area contributed by atoms with Gasteiger partial charge in [-0.05, 0) is 53.8 Å². The second kappa shape index (κ2) is 12.3. The lowest BCUT2D eigenvalue weighted by Gasteiger charge is -2.16. The van der Waals surface area contributed by atoms with E-state index in [1.54, 1.807) is 42.5 Å². The van der Waals surface area contributed by atoms with E-state index < -0.39 is 17.7 Å². The summed E-state index contributed by atoms with van der Waals surface area (Å²) in [4.78, 5) is 28.5. The molecular formula is C34H27F3N2O3. The van der Waals surface area contributed by atoms with Crippen molar-refractivity contribution in [3.63, 3.8) is 0 Å². The first-order chi connectivity index (χ1) is 20.2. The van der Waals surface area contributed by atoms with E-state index in [0.29, 0.717) is 36.1 Å². The van der Waals surface area contributed by atoms with E-state index in [9.17, 15) is 22.8 Å². The number of nitrogens with zero attached hydrogens (tertiary/aromatic N) is 1. The quantitative estimate of drug-likeness (QED) is 0.166. The standard InChI is InChI=1S/C34H27F3N2O3/c35-34(36,37)29-13-6-12-27-31(28(21-39-32(27)29)33(42)24-9-2-1-3-10-24)25-11-4-8-23(19-25)20-38-26-17-15-22(16-18-26)7-5-14-30(40)41/h1-4,6,8-13,15-19,21,38H,5,7,14,20H2,(H,40,41). The van der Waals surface area contributed by atoms with Crippen LogP contribution in [0, 0.1) is 0 Å². The number of benzene rings is 4. The molecule has 42 heavy (non-hydrogen) atoms. The predicted molar refractivity (Wildman–Crippen MR) is 156 cm³/mol. The monoisotopic (exact) mass is 568 g/mol. The summed E-state index contributed by atoms with van der Waals surface area (Å²) in [5, 5.41) is 12.4. The highest BCUT2D eigenvalue weighted by Gasteiger charge is 2.34. The molecule has 0 bridgehead atoms. The lowest BCUT2D eigenvalue weighted by atomic mass is 9.90. The lowest BCUT2D eigenvalue weighted by Crippen LogP contribution is -2.09. The number of pyridine rings is 1. The summed E-state index contributed by atoms with van der Waals surface area (Å²) in [7, 11) is 0. The molecule has 5 aromatic rings. The second-order valence-corrected chi connectivity index (χ2v) is 9.94. The van der Waals surface area contributed by atoms with Gasteiger partial charge in [0.25, 0.3) is 0 Å². The molecule has 0 radical (unpaired) electrons. The number of para-hydroxylation sites is 1. The van der Waals surface area contributed by atoms with Crippen LogP contribution in [0.3, 0.4) is 0 Å². The number of hydrogen-bond donors (Lipinski definition) is 2. The number of anilines is 1. The average Bonchev–Trinajstić information content (AvgIpc) is 2.99. The van der Waals surface area contributed by atoms with Gasteiger partial charge in [-0.25, -0.2) is 0 Å². The maximum Gasteiger partial charge on any atom is 0.418 e. The zero-order chi connectivity index (χ0) is 29.7. The molecule has 0 aliphatic heterocycles. The first kappa shape index (κ1) is 28.5. The molecule has 0 amide bonds. The van der Waals surface area contributed by atoms with Gasteiger partial charge in [0.2, 0.25) is 0 Å². The molecule has 0 unspecified atom stereocenters. The smallest absolute Gasteiger partial charge is 0.418 e. The molecule has 0 fully saturated rings. The highest BCUT2D eigenvalue weighted by Crippen LogP contribution is 2.39. The van der Waals surface area contributed by atoms with E-state index in [-0.39, 0.29) is 28.7 Å². The zero-order valence-corrected chi connectivity index (χ0v) is 22.5. The molecule has 5 rings (SSSR count). The molecular weight excluding hydrogens is 541 g/mol. The molecule has 5 nitrogen and oxygen atoms in total. The van der Waals surface area contributed by atoms with E-state index >= 15 is 0 Å². The largest absolute Gasteiger partial charge is 0.481 e. The van der Waals surface area contributed by atoms with Gasteiger partial charge in [-0.3, -0.25) is 14.6 Å². The van der Waals surface area contributed by atoms with Crippen molar-refractivity contribution in [3.8, 4) is 11.1 Å². The van der Waals surface area contributed by atoms with Crippen molar-refractivity contribution in [2.24, 2.45) is 0 Å². The van der Waals surface area contributed by atoms with Crippen LogP contribution in [0.4, 0.5) is 18.9 Å². The highest BCUT2D eigenvalue weighted by molar-refractivity contribution is 6.16. The van der Waals surface area contributed by atoms with Gasteiger partial charge in [-0.1, -0.05) is 72.8 Å². The summed E-state index contributed by atoms with van der Waals surface area (Å²) in [6.07, 6.45) is -2.00. The molecule has 4 aromatic carbocycles. The minimum Gasteiger partial charge on any atom is -0.481 e. The normalized spacial score (nSPS) is 11.4. The number of aryl methyl sites for hydroxylation is 1. The van der Waals surface area contributed by atoms with Crippen LogP contribution < -0.4 is 5.32 Å². The first-order valence-electron chi connectivity index (χ1n) is 13.4. The zero-order valence-electron chi connectivity index (χ0n) is 22.5. The van der Waals surface area contributed by atoms with Crippen LogP contribution in [0.5, 0.6) is 0 Å². The predicted octanol–water partition coefficient (Wildman–Crippen LogP) is 8.17. The Morgan fingerprint density at radius 3 is 2.29 bits per heavy atom. The van der Waals surface area contributed by atoms with Crippen LogP contribution in [0.15, 0.2) is 103 Å².